The van der Waals surface area contributed by atoms with Gasteiger partial charge in [-0.2, -0.15) is 0 Å². The van der Waals surface area contributed by atoms with Gasteiger partial charge < -0.3 is 5.32 Å². The SMILES string of the molecule is Cc1ccc2c(c1)C(=O)N(CC(=O)NCCCc1nc(-c3ccncc3)cs1)C2=O. The monoisotopic (exact) mass is 420 g/mol. The number of hydrogen-bond donors (Lipinski definition) is 1. The van der Waals surface area contributed by atoms with E-state index in [2.05, 4.69) is 15.3 Å². The first kappa shape index (κ1) is 19.9. The lowest BCUT2D eigenvalue weighted by molar-refractivity contribution is -0.121. The van der Waals surface area contributed by atoms with Gasteiger partial charge in [0.1, 0.15) is 6.54 Å². The predicted octanol–water partition coefficient (Wildman–Crippen LogP) is 2.86. The van der Waals surface area contributed by atoms with Crippen molar-refractivity contribution in [2.75, 3.05) is 13.1 Å². The van der Waals surface area contributed by atoms with Gasteiger partial charge in [0.05, 0.1) is 21.8 Å². The van der Waals surface area contributed by atoms with E-state index in [0.29, 0.717) is 17.7 Å². The second-order valence-electron chi connectivity index (χ2n) is 7.06. The zero-order valence-electron chi connectivity index (χ0n) is 16.4. The van der Waals surface area contributed by atoms with Crippen molar-refractivity contribution in [2.45, 2.75) is 19.8 Å². The number of fused-ring (bicyclic) bond motifs is 1. The number of carbonyl (C=O) groups excluding carboxylic acids is 3. The maximum absolute atomic E-state index is 12.4. The maximum Gasteiger partial charge on any atom is 0.262 e. The molecule has 0 radical (unpaired) electrons. The number of amides is 3. The highest BCUT2D eigenvalue weighted by molar-refractivity contribution is 7.09. The van der Waals surface area contributed by atoms with Gasteiger partial charge in [-0.25, -0.2) is 4.98 Å². The molecule has 2 aromatic heterocycles. The summed E-state index contributed by atoms with van der Waals surface area (Å²) in [4.78, 5) is 46.7. The van der Waals surface area contributed by atoms with E-state index < -0.39 is 11.8 Å². The average molecular weight is 420 g/mol. The Morgan fingerprint density at radius 2 is 1.87 bits per heavy atom. The minimum atomic E-state index is -0.420. The molecule has 30 heavy (non-hydrogen) atoms. The lowest BCUT2D eigenvalue weighted by Gasteiger charge is -2.13. The average Bonchev–Trinajstić information content (AvgIpc) is 3.31. The van der Waals surface area contributed by atoms with Crippen LogP contribution in [0.1, 0.15) is 37.7 Å². The molecular formula is C22H20N4O3S. The minimum absolute atomic E-state index is 0.269. The zero-order valence-corrected chi connectivity index (χ0v) is 17.2. The van der Waals surface area contributed by atoms with Gasteiger partial charge in [0, 0.05) is 36.3 Å². The minimum Gasteiger partial charge on any atom is -0.355 e. The van der Waals surface area contributed by atoms with E-state index in [1.54, 1.807) is 41.9 Å². The van der Waals surface area contributed by atoms with Crippen LogP contribution in [0.5, 0.6) is 0 Å². The van der Waals surface area contributed by atoms with Crippen LogP contribution in [0.25, 0.3) is 11.3 Å². The molecular weight excluding hydrogens is 400 g/mol. The highest BCUT2D eigenvalue weighted by Crippen LogP contribution is 2.24. The standard InChI is InChI=1S/C22H20N4O3S/c1-14-4-5-16-17(11-14)22(29)26(21(16)28)12-19(27)24-8-2-3-20-25-18(13-30-20)15-6-9-23-10-7-15/h4-7,9-11,13H,2-3,8,12H2,1H3,(H,24,27). The quantitative estimate of drug-likeness (QED) is 0.469. The van der Waals surface area contributed by atoms with E-state index in [-0.39, 0.29) is 12.5 Å². The number of nitrogens with zero attached hydrogens (tertiary/aromatic N) is 3. The third-order valence-electron chi connectivity index (χ3n) is 4.85. The fourth-order valence-electron chi connectivity index (χ4n) is 3.30. The number of rotatable bonds is 7. The van der Waals surface area contributed by atoms with Crippen molar-refractivity contribution in [1.82, 2.24) is 20.2 Å². The topological polar surface area (TPSA) is 92.3 Å². The van der Waals surface area contributed by atoms with Crippen LogP contribution in [0.15, 0.2) is 48.1 Å². The molecule has 0 fully saturated rings. The van der Waals surface area contributed by atoms with Crippen molar-refractivity contribution in [3.05, 3.63) is 69.8 Å². The first-order chi connectivity index (χ1) is 14.5. The summed E-state index contributed by atoms with van der Waals surface area (Å²) in [5.74, 6) is -1.19. The Morgan fingerprint density at radius 1 is 1.10 bits per heavy atom. The molecule has 0 spiro atoms. The van der Waals surface area contributed by atoms with E-state index in [1.165, 1.54) is 0 Å². The highest BCUT2D eigenvalue weighted by atomic mass is 32.1. The Labute approximate surface area is 177 Å². The molecule has 0 saturated heterocycles. The highest BCUT2D eigenvalue weighted by Gasteiger charge is 2.36. The molecule has 8 heteroatoms. The third kappa shape index (κ3) is 4.13. The van der Waals surface area contributed by atoms with Crippen LogP contribution in [-0.2, 0) is 11.2 Å². The molecule has 7 nitrogen and oxygen atoms in total. The molecule has 0 bridgehead atoms. The maximum atomic E-state index is 12.4. The zero-order chi connectivity index (χ0) is 21.1. The second-order valence-corrected chi connectivity index (χ2v) is 8.00. The molecule has 152 valence electrons. The number of aryl methyl sites for hydroxylation is 2. The van der Waals surface area contributed by atoms with Crippen molar-refractivity contribution in [3.63, 3.8) is 0 Å². The summed E-state index contributed by atoms with van der Waals surface area (Å²) in [6.07, 6.45) is 4.93. The van der Waals surface area contributed by atoms with Gasteiger partial charge in [-0.3, -0.25) is 24.3 Å². The summed E-state index contributed by atoms with van der Waals surface area (Å²) >= 11 is 1.58. The molecule has 0 aliphatic carbocycles. The fourth-order valence-corrected chi connectivity index (χ4v) is 4.15. The summed E-state index contributed by atoms with van der Waals surface area (Å²) in [6.45, 7) is 2.04. The Kier molecular flexibility index (Phi) is 5.67. The van der Waals surface area contributed by atoms with Gasteiger partial charge in [-0.1, -0.05) is 11.6 Å². The molecule has 0 saturated carbocycles. The number of carbonyl (C=O) groups is 3. The first-order valence-corrected chi connectivity index (χ1v) is 10.5. The van der Waals surface area contributed by atoms with Crippen LogP contribution >= 0.6 is 11.3 Å². The molecule has 4 rings (SSSR count). The van der Waals surface area contributed by atoms with Crippen LogP contribution in [0.3, 0.4) is 0 Å². The fraction of sp³-hybridized carbons (Fsp3) is 0.227. The molecule has 1 aliphatic rings. The number of benzene rings is 1. The van der Waals surface area contributed by atoms with Crippen molar-refractivity contribution in [1.29, 1.82) is 0 Å². The molecule has 0 unspecified atom stereocenters. The predicted molar refractivity (Wildman–Crippen MR) is 113 cm³/mol. The molecule has 1 N–H and O–H groups in total. The molecule has 1 aliphatic heterocycles. The van der Waals surface area contributed by atoms with Crippen LogP contribution in [0.2, 0.25) is 0 Å². The summed E-state index contributed by atoms with van der Waals surface area (Å²) in [7, 11) is 0. The normalized spacial score (nSPS) is 12.9. The number of thiazole rings is 1. The molecule has 3 aromatic rings. The first-order valence-electron chi connectivity index (χ1n) is 9.61. The van der Waals surface area contributed by atoms with Crippen molar-refractivity contribution >= 4 is 29.1 Å². The lowest BCUT2D eigenvalue weighted by Crippen LogP contribution is -2.40. The summed E-state index contributed by atoms with van der Waals surface area (Å²) in [5.41, 5.74) is 3.56. The number of aromatic nitrogens is 2. The number of hydrogen-bond acceptors (Lipinski definition) is 6. The Bertz CT molecular complexity index is 1110. The second kappa shape index (κ2) is 8.54. The van der Waals surface area contributed by atoms with Crippen molar-refractivity contribution in [2.24, 2.45) is 0 Å². The smallest absolute Gasteiger partial charge is 0.262 e. The van der Waals surface area contributed by atoms with Crippen LogP contribution < -0.4 is 5.32 Å². The van der Waals surface area contributed by atoms with E-state index in [1.807, 2.05) is 24.4 Å². The third-order valence-corrected chi connectivity index (χ3v) is 5.75. The van der Waals surface area contributed by atoms with Gasteiger partial charge in [0.15, 0.2) is 0 Å². The Hall–Kier alpha value is -3.39. The Balaban J connectivity index is 1.25. The molecule has 3 amide bonds. The number of pyridine rings is 1. The van der Waals surface area contributed by atoms with Crippen LogP contribution in [0.4, 0.5) is 0 Å². The van der Waals surface area contributed by atoms with Crippen molar-refractivity contribution in [3.8, 4) is 11.3 Å². The van der Waals surface area contributed by atoms with Gasteiger partial charge >= 0.3 is 0 Å². The summed E-state index contributed by atoms with van der Waals surface area (Å²) in [6, 6.07) is 8.93. The van der Waals surface area contributed by atoms with E-state index in [4.69, 9.17) is 0 Å². The largest absolute Gasteiger partial charge is 0.355 e. The lowest BCUT2D eigenvalue weighted by atomic mass is 10.1. The molecule has 0 atom stereocenters. The van der Waals surface area contributed by atoms with Crippen molar-refractivity contribution < 1.29 is 14.4 Å². The Morgan fingerprint density at radius 3 is 2.67 bits per heavy atom. The summed E-state index contributed by atoms with van der Waals surface area (Å²) < 4.78 is 0. The molecule has 3 heterocycles. The van der Waals surface area contributed by atoms with E-state index in [9.17, 15) is 14.4 Å². The van der Waals surface area contributed by atoms with E-state index >= 15 is 0 Å². The number of imide groups is 1. The van der Waals surface area contributed by atoms with Gasteiger partial charge in [-0.05, 0) is 37.6 Å². The van der Waals surface area contributed by atoms with E-state index in [0.717, 1.165) is 39.6 Å². The van der Waals surface area contributed by atoms with Gasteiger partial charge in [0.2, 0.25) is 5.91 Å². The van der Waals surface area contributed by atoms with Crippen LogP contribution in [-0.4, -0.2) is 45.7 Å². The summed E-state index contributed by atoms with van der Waals surface area (Å²) in [5, 5.41) is 5.78. The molecule has 1 aromatic carbocycles. The number of nitrogens with one attached hydrogen (secondary N) is 1. The van der Waals surface area contributed by atoms with Crippen LogP contribution in [0, 0.1) is 6.92 Å². The van der Waals surface area contributed by atoms with Gasteiger partial charge in [0.25, 0.3) is 11.8 Å². The van der Waals surface area contributed by atoms with Gasteiger partial charge in [-0.15, -0.1) is 11.3 Å².